The van der Waals surface area contributed by atoms with Crippen molar-refractivity contribution in [1.82, 2.24) is 5.32 Å². The van der Waals surface area contributed by atoms with Gasteiger partial charge in [-0.05, 0) is 43.5 Å². The summed E-state index contributed by atoms with van der Waals surface area (Å²) in [5, 5.41) is 3.32. The maximum Gasteiger partial charge on any atom is 0.202 e. The lowest BCUT2D eigenvalue weighted by Crippen LogP contribution is -2.13. The van der Waals surface area contributed by atoms with Gasteiger partial charge in [-0.15, -0.1) is 0 Å². The van der Waals surface area contributed by atoms with Crippen LogP contribution in [0.4, 0.5) is 4.39 Å². The molecular formula is C16H18FNO2S. The van der Waals surface area contributed by atoms with Crippen molar-refractivity contribution in [2.45, 2.75) is 24.2 Å². The first-order chi connectivity index (χ1) is 10.1. The van der Waals surface area contributed by atoms with Gasteiger partial charge < -0.3 is 5.32 Å². The molecule has 0 saturated carbocycles. The third-order valence-electron chi connectivity index (χ3n) is 4.17. The SMILES string of the molecule is O=S(=O)(C1=CCC(C2CCNC2)=CC1)c1cccc(F)c1. The van der Waals surface area contributed by atoms with E-state index in [1.807, 2.05) is 6.08 Å². The molecule has 3 rings (SSSR count). The van der Waals surface area contributed by atoms with Crippen molar-refractivity contribution >= 4 is 9.84 Å². The van der Waals surface area contributed by atoms with Gasteiger partial charge in [-0.3, -0.25) is 0 Å². The summed E-state index contributed by atoms with van der Waals surface area (Å²) < 4.78 is 38.2. The summed E-state index contributed by atoms with van der Waals surface area (Å²) >= 11 is 0. The summed E-state index contributed by atoms with van der Waals surface area (Å²) in [6, 6.07) is 5.20. The molecule has 1 unspecified atom stereocenters. The Labute approximate surface area is 124 Å². The Balaban J connectivity index is 1.79. The number of allylic oxidation sites excluding steroid dienone is 3. The smallest absolute Gasteiger partial charge is 0.202 e. The van der Waals surface area contributed by atoms with E-state index in [1.54, 1.807) is 6.08 Å². The zero-order valence-electron chi connectivity index (χ0n) is 11.7. The number of hydrogen-bond acceptors (Lipinski definition) is 3. The molecule has 2 aliphatic rings. The van der Waals surface area contributed by atoms with E-state index >= 15 is 0 Å². The van der Waals surface area contributed by atoms with Gasteiger partial charge >= 0.3 is 0 Å². The van der Waals surface area contributed by atoms with E-state index in [4.69, 9.17) is 0 Å². The normalized spacial score (nSPS) is 22.8. The van der Waals surface area contributed by atoms with E-state index in [0.717, 1.165) is 25.6 Å². The molecule has 1 atom stereocenters. The number of nitrogens with one attached hydrogen (secondary N) is 1. The fourth-order valence-corrected chi connectivity index (χ4v) is 4.37. The second-order valence-corrected chi connectivity index (χ2v) is 7.51. The Hall–Kier alpha value is -1.46. The Morgan fingerprint density at radius 3 is 2.67 bits per heavy atom. The lowest BCUT2D eigenvalue weighted by Gasteiger charge is -2.18. The Morgan fingerprint density at radius 1 is 1.19 bits per heavy atom. The van der Waals surface area contributed by atoms with Crippen molar-refractivity contribution in [3.8, 4) is 0 Å². The number of benzene rings is 1. The zero-order chi connectivity index (χ0) is 14.9. The molecule has 112 valence electrons. The van der Waals surface area contributed by atoms with Crippen molar-refractivity contribution in [3.63, 3.8) is 0 Å². The van der Waals surface area contributed by atoms with Gasteiger partial charge in [-0.2, -0.15) is 0 Å². The summed E-state index contributed by atoms with van der Waals surface area (Å²) in [4.78, 5) is 0.413. The van der Waals surface area contributed by atoms with Gasteiger partial charge in [0.25, 0.3) is 0 Å². The third-order valence-corrected chi connectivity index (χ3v) is 6.07. The minimum Gasteiger partial charge on any atom is -0.316 e. The topological polar surface area (TPSA) is 46.2 Å². The van der Waals surface area contributed by atoms with Gasteiger partial charge in [0.05, 0.1) is 4.90 Å². The van der Waals surface area contributed by atoms with Crippen LogP contribution in [0.3, 0.4) is 0 Å². The highest BCUT2D eigenvalue weighted by Gasteiger charge is 2.25. The fourth-order valence-electron chi connectivity index (χ4n) is 2.94. The molecule has 0 bridgehead atoms. The van der Waals surface area contributed by atoms with Crippen LogP contribution < -0.4 is 5.32 Å². The van der Waals surface area contributed by atoms with E-state index in [2.05, 4.69) is 5.32 Å². The van der Waals surface area contributed by atoms with E-state index in [0.29, 0.717) is 23.7 Å². The van der Waals surface area contributed by atoms with Crippen LogP contribution in [0.1, 0.15) is 19.3 Å². The number of sulfone groups is 1. The highest BCUT2D eigenvalue weighted by Crippen LogP contribution is 2.31. The first-order valence-corrected chi connectivity index (χ1v) is 8.65. The van der Waals surface area contributed by atoms with Gasteiger partial charge in [-0.25, -0.2) is 12.8 Å². The molecule has 0 spiro atoms. The molecule has 0 amide bonds. The molecule has 1 aliphatic heterocycles. The highest BCUT2D eigenvalue weighted by molar-refractivity contribution is 7.95. The van der Waals surface area contributed by atoms with Crippen LogP contribution in [0.15, 0.2) is 51.8 Å². The molecule has 1 aromatic carbocycles. The van der Waals surface area contributed by atoms with Crippen molar-refractivity contribution in [3.05, 3.63) is 52.7 Å². The maximum absolute atomic E-state index is 13.2. The maximum atomic E-state index is 13.2. The van der Waals surface area contributed by atoms with Crippen LogP contribution in [-0.2, 0) is 9.84 Å². The summed E-state index contributed by atoms with van der Waals surface area (Å²) in [5.41, 5.74) is 1.32. The standard InChI is InChI=1S/C16H18FNO2S/c17-14-2-1-3-16(10-14)21(19,20)15-6-4-12(5-7-15)13-8-9-18-11-13/h1-4,7,10,13,18H,5-6,8-9,11H2. The van der Waals surface area contributed by atoms with Gasteiger partial charge in [0, 0.05) is 17.9 Å². The Kier molecular flexibility index (Phi) is 3.95. The fraction of sp³-hybridized carbons (Fsp3) is 0.375. The molecule has 1 fully saturated rings. The van der Waals surface area contributed by atoms with Gasteiger partial charge in [0.2, 0.25) is 9.84 Å². The molecule has 1 aromatic rings. The Morgan fingerprint density at radius 2 is 2.05 bits per heavy atom. The van der Waals surface area contributed by atoms with Crippen LogP contribution in [0.5, 0.6) is 0 Å². The minimum atomic E-state index is -3.57. The molecule has 5 heteroatoms. The van der Waals surface area contributed by atoms with E-state index in [-0.39, 0.29) is 4.90 Å². The summed E-state index contributed by atoms with van der Waals surface area (Å²) in [5.74, 6) is 0.000388. The summed E-state index contributed by atoms with van der Waals surface area (Å²) in [6.07, 6.45) is 6.02. The second-order valence-electron chi connectivity index (χ2n) is 5.51. The second kappa shape index (κ2) is 5.73. The number of hydrogen-bond donors (Lipinski definition) is 1. The Bertz CT molecular complexity index is 701. The van der Waals surface area contributed by atoms with Crippen LogP contribution in [0.25, 0.3) is 0 Å². The summed E-state index contributed by atoms with van der Waals surface area (Å²) in [7, 11) is -3.57. The van der Waals surface area contributed by atoms with Crippen LogP contribution in [0.2, 0.25) is 0 Å². The number of halogens is 1. The quantitative estimate of drug-likeness (QED) is 0.874. The molecule has 1 N–H and O–H groups in total. The molecule has 1 aliphatic carbocycles. The molecule has 3 nitrogen and oxygen atoms in total. The average molecular weight is 307 g/mol. The van der Waals surface area contributed by atoms with Crippen molar-refractivity contribution in [2.24, 2.45) is 5.92 Å². The molecule has 0 aromatic heterocycles. The first kappa shape index (κ1) is 14.5. The molecule has 1 heterocycles. The van der Waals surface area contributed by atoms with Crippen LogP contribution >= 0.6 is 0 Å². The number of rotatable bonds is 3. The van der Waals surface area contributed by atoms with Crippen molar-refractivity contribution in [1.29, 1.82) is 0 Å². The average Bonchev–Trinajstić information content (AvgIpc) is 3.02. The predicted octanol–water partition coefficient (Wildman–Crippen LogP) is 2.81. The minimum absolute atomic E-state index is 0.0353. The van der Waals surface area contributed by atoms with E-state index in [1.165, 1.54) is 23.8 Å². The predicted molar refractivity (Wildman–Crippen MR) is 80.0 cm³/mol. The van der Waals surface area contributed by atoms with Crippen LogP contribution in [-0.4, -0.2) is 21.5 Å². The lowest BCUT2D eigenvalue weighted by atomic mass is 9.92. The largest absolute Gasteiger partial charge is 0.316 e. The zero-order valence-corrected chi connectivity index (χ0v) is 12.5. The monoisotopic (exact) mass is 307 g/mol. The van der Waals surface area contributed by atoms with Crippen molar-refractivity contribution < 1.29 is 12.8 Å². The first-order valence-electron chi connectivity index (χ1n) is 7.17. The molecule has 21 heavy (non-hydrogen) atoms. The van der Waals surface area contributed by atoms with Gasteiger partial charge in [-0.1, -0.05) is 23.8 Å². The van der Waals surface area contributed by atoms with Gasteiger partial charge in [0.15, 0.2) is 0 Å². The van der Waals surface area contributed by atoms with Gasteiger partial charge in [0.1, 0.15) is 5.82 Å². The molecule has 0 radical (unpaired) electrons. The lowest BCUT2D eigenvalue weighted by molar-refractivity contribution is 0.594. The van der Waals surface area contributed by atoms with Crippen molar-refractivity contribution in [2.75, 3.05) is 13.1 Å². The van der Waals surface area contributed by atoms with Crippen LogP contribution in [0, 0.1) is 11.7 Å². The van der Waals surface area contributed by atoms with E-state index in [9.17, 15) is 12.8 Å². The third kappa shape index (κ3) is 2.94. The highest BCUT2D eigenvalue weighted by atomic mass is 32.2. The summed E-state index contributed by atoms with van der Waals surface area (Å²) in [6.45, 7) is 2.01. The van der Waals surface area contributed by atoms with E-state index < -0.39 is 15.7 Å². The molecular weight excluding hydrogens is 289 g/mol. The molecule has 1 saturated heterocycles.